The molecule has 0 aromatic heterocycles. The third kappa shape index (κ3) is 3.92. The fourth-order valence-electron chi connectivity index (χ4n) is 4.22. The summed E-state index contributed by atoms with van der Waals surface area (Å²) in [7, 11) is 0. The molecule has 23 heavy (non-hydrogen) atoms. The summed E-state index contributed by atoms with van der Waals surface area (Å²) in [5, 5.41) is 5.80. The largest absolute Gasteiger partial charge is 0.352 e. The van der Waals surface area contributed by atoms with Gasteiger partial charge in [-0.2, -0.15) is 0 Å². The van der Waals surface area contributed by atoms with E-state index in [0.29, 0.717) is 31.0 Å². The second kappa shape index (κ2) is 7.16. The third-order valence-electron chi connectivity index (χ3n) is 5.35. The van der Waals surface area contributed by atoms with Gasteiger partial charge in [0.25, 0.3) is 5.91 Å². The van der Waals surface area contributed by atoms with Crippen molar-refractivity contribution in [3.63, 3.8) is 0 Å². The smallest absolute Gasteiger partial charge is 0.251 e. The van der Waals surface area contributed by atoms with E-state index in [0.717, 1.165) is 17.4 Å². The monoisotopic (exact) mass is 314 g/mol. The van der Waals surface area contributed by atoms with Crippen LogP contribution < -0.4 is 10.6 Å². The van der Waals surface area contributed by atoms with E-state index in [1.807, 2.05) is 25.1 Å². The number of fused-ring (bicyclic) bond motifs is 2. The molecule has 2 fully saturated rings. The molecule has 2 N–H and O–H groups in total. The van der Waals surface area contributed by atoms with E-state index >= 15 is 0 Å². The van der Waals surface area contributed by atoms with Crippen molar-refractivity contribution in [2.75, 3.05) is 6.54 Å². The molecule has 0 spiro atoms. The fourth-order valence-corrected chi connectivity index (χ4v) is 4.22. The molecule has 0 aliphatic heterocycles. The molecule has 2 bridgehead atoms. The molecule has 124 valence electrons. The number of benzene rings is 1. The highest BCUT2D eigenvalue weighted by molar-refractivity contribution is 5.94. The normalized spacial score (nSPS) is 25.3. The molecular weight excluding hydrogens is 288 g/mol. The van der Waals surface area contributed by atoms with Gasteiger partial charge in [-0.05, 0) is 61.6 Å². The first-order valence-electron chi connectivity index (χ1n) is 8.79. The van der Waals surface area contributed by atoms with Crippen LogP contribution >= 0.6 is 0 Å². The molecule has 2 saturated carbocycles. The summed E-state index contributed by atoms with van der Waals surface area (Å²) >= 11 is 0. The second-order valence-corrected chi connectivity index (χ2v) is 6.98. The van der Waals surface area contributed by atoms with Gasteiger partial charge in [0.1, 0.15) is 0 Å². The molecule has 0 radical (unpaired) electrons. The first kappa shape index (κ1) is 16.0. The van der Waals surface area contributed by atoms with Gasteiger partial charge in [0, 0.05) is 25.1 Å². The lowest BCUT2D eigenvalue weighted by molar-refractivity contribution is -0.122. The molecule has 4 nitrogen and oxygen atoms in total. The molecule has 2 aliphatic rings. The Hall–Kier alpha value is -1.84. The van der Waals surface area contributed by atoms with E-state index in [1.165, 1.54) is 25.7 Å². The minimum absolute atomic E-state index is 0.0670. The van der Waals surface area contributed by atoms with Crippen LogP contribution in [0.3, 0.4) is 0 Å². The molecule has 1 aromatic rings. The third-order valence-corrected chi connectivity index (χ3v) is 5.35. The highest BCUT2D eigenvalue weighted by Gasteiger charge is 2.39. The average Bonchev–Trinajstić information content (AvgIpc) is 3.16. The highest BCUT2D eigenvalue weighted by atomic mass is 16.2. The summed E-state index contributed by atoms with van der Waals surface area (Å²) in [5.74, 6) is 2.34. The van der Waals surface area contributed by atoms with E-state index in [1.54, 1.807) is 6.07 Å². The Balaban J connectivity index is 1.49. The maximum Gasteiger partial charge on any atom is 0.251 e. The summed E-state index contributed by atoms with van der Waals surface area (Å²) in [6.45, 7) is 3.01. The summed E-state index contributed by atoms with van der Waals surface area (Å²) in [6.07, 6.45) is 5.93. The Bertz CT molecular complexity index is 584. The van der Waals surface area contributed by atoms with Gasteiger partial charge < -0.3 is 10.6 Å². The molecule has 2 aliphatic carbocycles. The first-order valence-corrected chi connectivity index (χ1v) is 8.79. The van der Waals surface area contributed by atoms with Gasteiger partial charge in [0.15, 0.2) is 0 Å². The van der Waals surface area contributed by atoms with Crippen molar-refractivity contribution in [1.29, 1.82) is 0 Å². The van der Waals surface area contributed by atoms with E-state index in [-0.39, 0.29) is 11.8 Å². The molecule has 4 heteroatoms. The Labute approximate surface area is 138 Å². The van der Waals surface area contributed by atoms with Crippen molar-refractivity contribution < 1.29 is 9.59 Å². The summed E-state index contributed by atoms with van der Waals surface area (Å²) in [5.41, 5.74) is 1.61. The highest BCUT2D eigenvalue weighted by Crippen LogP contribution is 2.49. The number of carbonyl (C=O) groups excluding carboxylic acids is 2. The maximum absolute atomic E-state index is 12.2. The number of hydrogen-bond acceptors (Lipinski definition) is 2. The van der Waals surface area contributed by atoms with Gasteiger partial charge in [-0.3, -0.25) is 9.59 Å². The van der Waals surface area contributed by atoms with Crippen LogP contribution in [0.2, 0.25) is 0 Å². The van der Waals surface area contributed by atoms with Gasteiger partial charge in [-0.15, -0.1) is 0 Å². The van der Waals surface area contributed by atoms with Gasteiger partial charge in [0.05, 0.1) is 0 Å². The van der Waals surface area contributed by atoms with Crippen LogP contribution in [0.4, 0.5) is 0 Å². The Morgan fingerprint density at radius 2 is 2.04 bits per heavy atom. The van der Waals surface area contributed by atoms with Crippen LogP contribution in [-0.2, 0) is 11.3 Å². The quantitative estimate of drug-likeness (QED) is 0.848. The Morgan fingerprint density at radius 3 is 2.74 bits per heavy atom. The number of hydrogen-bond donors (Lipinski definition) is 2. The fraction of sp³-hybridized carbons (Fsp3) is 0.579. The number of rotatable bonds is 6. The number of amides is 2. The minimum atomic E-state index is -0.0670. The summed E-state index contributed by atoms with van der Waals surface area (Å²) in [6, 6.07) is 7.46. The van der Waals surface area contributed by atoms with Crippen LogP contribution in [0.5, 0.6) is 0 Å². The van der Waals surface area contributed by atoms with Gasteiger partial charge >= 0.3 is 0 Å². The van der Waals surface area contributed by atoms with Crippen LogP contribution in [-0.4, -0.2) is 18.4 Å². The Morgan fingerprint density at radius 1 is 1.17 bits per heavy atom. The molecule has 0 saturated heterocycles. The SMILES string of the molecule is CCNC(=O)c1cccc(CNC(=O)C[C@H]2C[C@@H]3CC[C@@H]2C3)c1. The lowest BCUT2D eigenvalue weighted by atomic mass is 9.86. The van der Waals surface area contributed by atoms with E-state index in [4.69, 9.17) is 0 Å². The average molecular weight is 314 g/mol. The summed E-state index contributed by atoms with van der Waals surface area (Å²) in [4.78, 5) is 24.0. The van der Waals surface area contributed by atoms with Gasteiger partial charge in [-0.25, -0.2) is 0 Å². The van der Waals surface area contributed by atoms with E-state index in [9.17, 15) is 9.59 Å². The zero-order chi connectivity index (χ0) is 16.2. The molecule has 1 aromatic carbocycles. The van der Waals surface area contributed by atoms with Crippen molar-refractivity contribution in [1.82, 2.24) is 10.6 Å². The minimum Gasteiger partial charge on any atom is -0.352 e. The van der Waals surface area contributed by atoms with Crippen LogP contribution in [0.25, 0.3) is 0 Å². The molecule has 2 amide bonds. The first-order chi connectivity index (χ1) is 11.2. The van der Waals surface area contributed by atoms with E-state index in [2.05, 4.69) is 10.6 Å². The lowest BCUT2D eigenvalue weighted by Crippen LogP contribution is -2.27. The molecule has 0 unspecified atom stereocenters. The predicted molar refractivity (Wildman–Crippen MR) is 89.9 cm³/mol. The van der Waals surface area contributed by atoms with Crippen molar-refractivity contribution in [3.05, 3.63) is 35.4 Å². The number of carbonyl (C=O) groups is 2. The van der Waals surface area contributed by atoms with Crippen molar-refractivity contribution in [2.24, 2.45) is 17.8 Å². The number of nitrogens with one attached hydrogen (secondary N) is 2. The predicted octanol–water partition coefficient (Wildman–Crippen LogP) is 2.88. The van der Waals surface area contributed by atoms with Crippen molar-refractivity contribution >= 4 is 11.8 Å². The van der Waals surface area contributed by atoms with Gasteiger partial charge in [0.2, 0.25) is 5.91 Å². The molecular formula is C19H26N2O2. The van der Waals surface area contributed by atoms with Crippen molar-refractivity contribution in [3.8, 4) is 0 Å². The van der Waals surface area contributed by atoms with E-state index < -0.39 is 0 Å². The topological polar surface area (TPSA) is 58.2 Å². The van der Waals surface area contributed by atoms with Crippen LogP contribution in [0, 0.1) is 17.8 Å². The van der Waals surface area contributed by atoms with Crippen LogP contribution in [0.1, 0.15) is 54.9 Å². The zero-order valence-corrected chi connectivity index (χ0v) is 13.8. The molecule has 0 heterocycles. The molecule has 3 atom stereocenters. The maximum atomic E-state index is 12.2. The van der Waals surface area contributed by atoms with Crippen LogP contribution in [0.15, 0.2) is 24.3 Å². The zero-order valence-electron chi connectivity index (χ0n) is 13.8. The lowest BCUT2D eigenvalue weighted by Gasteiger charge is -2.20. The van der Waals surface area contributed by atoms with Crippen molar-refractivity contribution in [2.45, 2.75) is 45.6 Å². The second-order valence-electron chi connectivity index (χ2n) is 6.98. The van der Waals surface area contributed by atoms with Gasteiger partial charge in [-0.1, -0.05) is 18.6 Å². The molecule has 3 rings (SSSR count). The summed E-state index contributed by atoms with van der Waals surface area (Å²) < 4.78 is 0. The standard InChI is InChI=1S/C19H26N2O2/c1-2-20-19(23)16-5-3-4-14(10-16)12-21-18(22)11-17-9-13-6-7-15(17)8-13/h3-5,10,13,15,17H,2,6-9,11-12H2,1H3,(H,20,23)(H,21,22)/t13-,15-,17-/m1/s1. The Kier molecular flexibility index (Phi) is 4.99.